The van der Waals surface area contributed by atoms with Gasteiger partial charge in [0, 0.05) is 10.9 Å². The highest BCUT2D eigenvalue weighted by Crippen LogP contribution is 2.29. The van der Waals surface area contributed by atoms with Crippen LogP contribution in [0.3, 0.4) is 0 Å². The Morgan fingerprint density at radius 1 is 0.947 bits per heavy atom. The Hall–Kier alpha value is -1.37. The van der Waals surface area contributed by atoms with Gasteiger partial charge in [0.1, 0.15) is 10.6 Å². The number of halogens is 2. The fourth-order valence-electron chi connectivity index (χ4n) is 1.84. The molecule has 2 rings (SSSR count). The standard InChI is InChI=1S/C16H11Br2N/c17-10-12-6-8-14(9-7-12)16(15(18)11-19)13-4-2-1-3-5-13/h1-9H,10H2/b16-15-. The summed E-state index contributed by atoms with van der Waals surface area (Å²) < 4.78 is 0.547. The molecule has 0 amide bonds. The zero-order valence-corrected chi connectivity index (χ0v) is 13.3. The zero-order valence-electron chi connectivity index (χ0n) is 10.1. The third-order valence-corrected chi connectivity index (χ3v) is 4.00. The molecule has 0 fully saturated rings. The largest absolute Gasteiger partial charge is 0.192 e. The van der Waals surface area contributed by atoms with Gasteiger partial charge in [0.15, 0.2) is 0 Å². The molecular formula is C16H11Br2N. The predicted molar refractivity (Wildman–Crippen MR) is 86.1 cm³/mol. The molecule has 0 heterocycles. The maximum absolute atomic E-state index is 9.17. The lowest BCUT2D eigenvalue weighted by atomic mass is 9.97. The lowest BCUT2D eigenvalue weighted by Gasteiger charge is -2.09. The topological polar surface area (TPSA) is 23.8 Å². The maximum atomic E-state index is 9.17. The minimum Gasteiger partial charge on any atom is -0.192 e. The maximum Gasteiger partial charge on any atom is 0.107 e. The van der Waals surface area contributed by atoms with Gasteiger partial charge < -0.3 is 0 Å². The fourth-order valence-corrected chi connectivity index (χ4v) is 2.67. The number of hydrogen-bond acceptors (Lipinski definition) is 1. The van der Waals surface area contributed by atoms with E-state index in [-0.39, 0.29) is 0 Å². The van der Waals surface area contributed by atoms with Gasteiger partial charge in [0.2, 0.25) is 0 Å². The highest BCUT2D eigenvalue weighted by molar-refractivity contribution is 9.12. The van der Waals surface area contributed by atoms with Crippen molar-refractivity contribution in [2.45, 2.75) is 5.33 Å². The molecular weight excluding hydrogens is 366 g/mol. The summed E-state index contributed by atoms with van der Waals surface area (Å²) in [6.45, 7) is 0. The second-order valence-corrected chi connectivity index (χ2v) is 5.35. The lowest BCUT2D eigenvalue weighted by molar-refractivity contribution is 1.41. The molecule has 0 spiro atoms. The average molecular weight is 377 g/mol. The minimum atomic E-state index is 0.547. The van der Waals surface area contributed by atoms with E-state index in [1.165, 1.54) is 5.56 Å². The second kappa shape index (κ2) is 6.70. The van der Waals surface area contributed by atoms with Gasteiger partial charge in [-0.05, 0) is 32.6 Å². The Labute approximate surface area is 129 Å². The molecule has 2 aromatic carbocycles. The summed E-state index contributed by atoms with van der Waals surface area (Å²) in [7, 11) is 0. The SMILES string of the molecule is N#C/C(Br)=C(\c1ccccc1)c1ccc(CBr)cc1. The van der Waals surface area contributed by atoms with Crippen molar-refractivity contribution < 1.29 is 0 Å². The van der Waals surface area contributed by atoms with Gasteiger partial charge in [-0.25, -0.2) is 0 Å². The van der Waals surface area contributed by atoms with E-state index in [1.54, 1.807) is 0 Å². The average Bonchev–Trinajstić information content (AvgIpc) is 2.49. The van der Waals surface area contributed by atoms with Crippen molar-refractivity contribution in [3.63, 3.8) is 0 Å². The van der Waals surface area contributed by atoms with E-state index < -0.39 is 0 Å². The van der Waals surface area contributed by atoms with E-state index >= 15 is 0 Å². The van der Waals surface area contributed by atoms with E-state index in [1.807, 2.05) is 42.5 Å². The number of benzene rings is 2. The van der Waals surface area contributed by atoms with E-state index in [2.05, 4.69) is 50.1 Å². The zero-order chi connectivity index (χ0) is 13.7. The molecule has 0 saturated heterocycles. The number of rotatable bonds is 3. The molecule has 0 aliphatic carbocycles. The third kappa shape index (κ3) is 3.34. The molecule has 0 aliphatic rings. The van der Waals surface area contributed by atoms with Gasteiger partial charge in [0.25, 0.3) is 0 Å². The van der Waals surface area contributed by atoms with Crippen LogP contribution in [0.2, 0.25) is 0 Å². The van der Waals surface area contributed by atoms with Crippen LogP contribution in [0.4, 0.5) is 0 Å². The fraction of sp³-hybridized carbons (Fsp3) is 0.0625. The van der Waals surface area contributed by atoms with Crippen molar-refractivity contribution in [3.05, 3.63) is 75.8 Å². The molecule has 0 atom stereocenters. The van der Waals surface area contributed by atoms with Crippen LogP contribution in [0.5, 0.6) is 0 Å². The van der Waals surface area contributed by atoms with Gasteiger partial charge >= 0.3 is 0 Å². The van der Waals surface area contributed by atoms with Crippen LogP contribution in [0, 0.1) is 11.3 Å². The Morgan fingerprint density at radius 3 is 2.05 bits per heavy atom. The van der Waals surface area contributed by atoms with Gasteiger partial charge in [-0.1, -0.05) is 70.5 Å². The minimum absolute atomic E-state index is 0.547. The first kappa shape index (κ1) is 14.0. The smallest absolute Gasteiger partial charge is 0.107 e. The van der Waals surface area contributed by atoms with Gasteiger partial charge in [0.05, 0.1) is 0 Å². The van der Waals surface area contributed by atoms with E-state index in [4.69, 9.17) is 5.26 Å². The normalized spacial score (nSPS) is 11.6. The summed E-state index contributed by atoms with van der Waals surface area (Å²) in [4.78, 5) is 0. The van der Waals surface area contributed by atoms with Crippen molar-refractivity contribution >= 4 is 37.4 Å². The highest BCUT2D eigenvalue weighted by Gasteiger charge is 2.09. The summed E-state index contributed by atoms with van der Waals surface area (Å²) in [5.74, 6) is 0. The first-order valence-corrected chi connectivity index (χ1v) is 7.68. The quantitative estimate of drug-likeness (QED) is 0.529. The molecule has 0 saturated carbocycles. The number of nitrogens with zero attached hydrogens (tertiary/aromatic N) is 1. The first-order valence-electron chi connectivity index (χ1n) is 5.77. The van der Waals surface area contributed by atoms with Crippen LogP contribution in [-0.4, -0.2) is 0 Å². The van der Waals surface area contributed by atoms with Gasteiger partial charge in [-0.3, -0.25) is 0 Å². The Kier molecular flexibility index (Phi) is 4.95. The van der Waals surface area contributed by atoms with Crippen LogP contribution in [0.25, 0.3) is 5.57 Å². The van der Waals surface area contributed by atoms with Crippen LogP contribution >= 0.6 is 31.9 Å². The van der Waals surface area contributed by atoms with Crippen LogP contribution in [0.15, 0.2) is 59.1 Å². The molecule has 0 radical (unpaired) electrons. The molecule has 0 aliphatic heterocycles. The number of alkyl halides is 1. The lowest BCUT2D eigenvalue weighted by Crippen LogP contribution is -1.90. The molecule has 0 bridgehead atoms. The Bertz CT molecular complexity index is 622. The van der Waals surface area contributed by atoms with Crippen molar-refractivity contribution in [1.29, 1.82) is 5.26 Å². The van der Waals surface area contributed by atoms with Crippen molar-refractivity contribution in [3.8, 4) is 6.07 Å². The van der Waals surface area contributed by atoms with Crippen molar-refractivity contribution in [1.82, 2.24) is 0 Å². The second-order valence-electron chi connectivity index (χ2n) is 4.00. The Balaban J connectivity index is 2.54. The van der Waals surface area contributed by atoms with Crippen molar-refractivity contribution in [2.24, 2.45) is 0 Å². The number of hydrogen-bond donors (Lipinski definition) is 0. The summed E-state index contributed by atoms with van der Waals surface area (Å²) in [6.07, 6.45) is 0. The summed E-state index contributed by atoms with van der Waals surface area (Å²) in [5.41, 5.74) is 4.19. The third-order valence-electron chi connectivity index (χ3n) is 2.78. The number of allylic oxidation sites excluding steroid dienone is 1. The van der Waals surface area contributed by atoms with E-state index in [9.17, 15) is 0 Å². The molecule has 0 aromatic heterocycles. The molecule has 19 heavy (non-hydrogen) atoms. The van der Waals surface area contributed by atoms with Crippen LogP contribution in [0.1, 0.15) is 16.7 Å². The van der Waals surface area contributed by atoms with Crippen LogP contribution < -0.4 is 0 Å². The Morgan fingerprint density at radius 2 is 1.53 bits per heavy atom. The van der Waals surface area contributed by atoms with Gasteiger partial charge in [-0.2, -0.15) is 5.26 Å². The first-order chi connectivity index (χ1) is 9.26. The molecule has 2 aromatic rings. The van der Waals surface area contributed by atoms with Crippen molar-refractivity contribution in [2.75, 3.05) is 0 Å². The summed E-state index contributed by atoms with van der Waals surface area (Å²) in [6, 6.07) is 20.3. The molecule has 3 heteroatoms. The molecule has 1 nitrogen and oxygen atoms in total. The number of nitriles is 1. The highest BCUT2D eigenvalue weighted by atomic mass is 79.9. The van der Waals surface area contributed by atoms with Gasteiger partial charge in [-0.15, -0.1) is 0 Å². The predicted octanol–water partition coefficient (Wildman–Crippen LogP) is 5.26. The monoisotopic (exact) mass is 375 g/mol. The molecule has 94 valence electrons. The summed E-state index contributed by atoms with van der Waals surface area (Å²) >= 11 is 6.79. The van der Waals surface area contributed by atoms with Crippen LogP contribution in [-0.2, 0) is 5.33 Å². The molecule has 0 N–H and O–H groups in total. The van der Waals surface area contributed by atoms with E-state index in [0.29, 0.717) is 4.48 Å². The summed E-state index contributed by atoms with van der Waals surface area (Å²) in [5, 5.41) is 10.00. The van der Waals surface area contributed by atoms with E-state index in [0.717, 1.165) is 22.0 Å². The molecule has 0 unspecified atom stereocenters.